The minimum Gasteiger partial charge on any atom is -0.494 e. The lowest BCUT2D eigenvalue weighted by Gasteiger charge is -2.23. The highest BCUT2D eigenvalue weighted by Gasteiger charge is 2.28. The van der Waals surface area contributed by atoms with Crippen molar-refractivity contribution in [3.8, 4) is 5.75 Å². The summed E-state index contributed by atoms with van der Waals surface area (Å²) in [5.41, 5.74) is 2.17. The normalized spacial score (nSPS) is 16.2. The van der Waals surface area contributed by atoms with E-state index >= 15 is 0 Å². The standard InChI is InChI=1S/C25H31N3O5S2/c1-5-27(6-2)35(30,31)20-12-10-18(11-13-20)24(29)28(16-19-8-7-15-33-19)25-26-22-21(32-4)14-9-17(3)23(22)34-25/h9-14,19H,5-8,15-16H2,1-4H3. The zero-order valence-electron chi connectivity index (χ0n) is 20.5. The van der Waals surface area contributed by atoms with Crippen LogP contribution in [0.3, 0.4) is 0 Å². The molecule has 1 fully saturated rings. The maximum absolute atomic E-state index is 13.7. The van der Waals surface area contributed by atoms with Gasteiger partial charge in [-0.05, 0) is 55.7 Å². The number of ether oxygens (including phenoxy) is 2. The first-order valence-electron chi connectivity index (χ1n) is 11.8. The third-order valence-electron chi connectivity index (χ3n) is 6.24. The van der Waals surface area contributed by atoms with Gasteiger partial charge in [0.1, 0.15) is 11.3 Å². The lowest BCUT2D eigenvalue weighted by atomic mass is 10.2. The second kappa shape index (κ2) is 10.6. The average molecular weight is 518 g/mol. The summed E-state index contributed by atoms with van der Waals surface area (Å²) in [5, 5.41) is 0.563. The van der Waals surface area contributed by atoms with Gasteiger partial charge in [-0.3, -0.25) is 9.69 Å². The van der Waals surface area contributed by atoms with E-state index in [4.69, 9.17) is 14.5 Å². The monoisotopic (exact) mass is 517 g/mol. The van der Waals surface area contributed by atoms with Gasteiger partial charge in [-0.15, -0.1) is 0 Å². The summed E-state index contributed by atoms with van der Waals surface area (Å²) in [6.07, 6.45) is 1.76. The summed E-state index contributed by atoms with van der Waals surface area (Å²) < 4.78 is 39.4. The molecule has 2 aromatic carbocycles. The number of carbonyl (C=O) groups excluding carboxylic acids is 1. The van der Waals surface area contributed by atoms with Gasteiger partial charge in [0.15, 0.2) is 5.13 Å². The lowest BCUT2D eigenvalue weighted by molar-refractivity contribution is 0.0917. The molecule has 1 aromatic heterocycles. The second-order valence-electron chi connectivity index (χ2n) is 8.42. The molecule has 2 heterocycles. The van der Waals surface area contributed by atoms with E-state index in [0.29, 0.717) is 42.7 Å². The van der Waals surface area contributed by atoms with Crippen LogP contribution in [0.25, 0.3) is 10.2 Å². The van der Waals surface area contributed by atoms with Crippen molar-refractivity contribution in [2.45, 2.75) is 44.6 Å². The van der Waals surface area contributed by atoms with Crippen LogP contribution in [0.5, 0.6) is 5.75 Å². The average Bonchev–Trinajstić information content (AvgIpc) is 3.54. The lowest BCUT2D eigenvalue weighted by Crippen LogP contribution is -2.37. The van der Waals surface area contributed by atoms with Crippen molar-refractivity contribution in [1.29, 1.82) is 0 Å². The van der Waals surface area contributed by atoms with Crippen molar-refractivity contribution in [2.24, 2.45) is 0 Å². The molecule has 188 valence electrons. The minimum atomic E-state index is -3.60. The van der Waals surface area contributed by atoms with E-state index in [9.17, 15) is 13.2 Å². The summed E-state index contributed by atoms with van der Waals surface area (Å²) in [6.45, 7) is 7.43. The molecule has 1 aliphatic heterocycles. The third kappa shape index (κ3) is 5.06. The molecule has 35 heavy (non-hydrogen) atoms. The fourth-order valence-electron chi connectivity index (χ4n) is 4.26. The van der Waals surface area contributed by atoms with Gasteiger partial charge in [0.25, 0.3) is 5.91 Å². The SMILES string of the molecule is CCN(CC)S(=O)(=O)c1ccc(C(=O)N(CC2CCCO2)c2nc3c(OC)ccc(C)c3s2)cc1. The fourth-order valence-corrected chi connectivity index (χ4v) is 6.77. The van der Waals surface area contributed by atoms with Crippen LogP contribution < -0.4 is 9.64 Å². The number of anilines is 1. The van der Waals surface area contributed by atoms with E-state index in [1.807, 2.05) is 19.1 Å². The van der Waals surface area contributed by atoms with Crippen molar-refractivity contribution >= 4 is 42.6 Å². The first-order valence-corrected chi connectivity index (χ1v) is 14.0. The Bertz CT molecular complexity index is 1290. The van der Waals surface area contributed by atoms with Crippen LogP contribution in [0, 0.1) is 6.92 Å². The van der Waals surface area contributed by atoms with Crippen molar-refractivity contribution in [3.63, 3.8) is 0 Å². The van der Waals surface area contributed by atoms with E-state index in [-0.39, 0.29) is 16.9 Å². The molecular weight excluding hydrogens is 486 g/mol. The molecule has 8 nitrogen and oxygen atoms in total. The van der Waals surface area contributed by atoms with Gasteiger partial charge in [0.2, 0.25) is 10.0 Å². The Morgan fingerprint density at radius 2 is 1.89 bits per heavy atom. The predicted octanol–water partition coefficient (Wildman–Crippen LogP) is 4.47. The maximum atomic E-state index is 13.7. The molecule has 0 aliphatic carbocycles. The van der Waals surface area contributed by atoms with Gasteiger partial charge in [0.05, 0.1) is 29.4 Å². The molecule has 0 N–H and O–H groups in total. The summed E-state index contributed by atoms with van der Waals surface area (Å²) in [7, 11) is -2.00. The second-order valence-corrected chi connectivity index (χ2v) is 11.3. The molecule has 1 atom stereocenters. The Hall–Kier alpha value is -2.53. The van der Waals surface area contributed by atoms with Gasteiger partial charge in [0, 0.05) is 25.3 Å². The van der Waals surface area contributed by atoms with Gasteiger partial charge >= 0.3 is 0 Å². The summed E-state index contributed by atoms with van der Waals surface area (Å²) in [6, 6.07) is 9.99. The number of nitrogens with zero attached hydrogens (tertiary/aromatic N) is 3. The molecule has 1 saturated heterocycles. The van der Waals surface area contributed by atoms with Gasteiger partial charge in [-0.1, -0.05) is 31.3 Å². The largest absolute Gasteiger partial charge is 0.494 e. The smallest absolute Gasteiger partial charge is 0.260 e. The van der Waals surface area contributed by atoms with Gasteiger partial charge in [-0.2, -0.15) is 4.31 Å². The molecule has 1 amide bonds. The van der Waals surface area contributed by atoms with Crippen molar-refractivity contribution < 1.29 is 22.7 Å². The van der Waals surface area contributed by atoms with Crippen LogP contribution in [0.4, 0.5) is 5.13 Å². The van der Waals surface area contributed by atoms with Crippen LogP contribution >= 0.6 is 11.3 Å². The number of methoxy groups -OCH3 is 1. The molecule has 0 saturated carbocycles. The van der Waals surface area contributed by atoms with E-state index < -0.39 is 10.0 Å². The molecule has 3 aromatic rings. The van der Waals surface area contributed by atoms with Gasteiger partial charge < -0.3 is 9.47 Å². The van der Waals surface area contributed by atoms with Crippen LogP contribution in [-0.4, -0.2) is 63.1 Å². The summed E-state index contributed by atoms with van der Waals surface area (Å²) in [5.74, 6) is 0.409. The van der Waals surface area contributed by atoms with Crippen LogP contribution in [0.2, 0.25) is 0 Å². The number of amides is 1. The number of benzene rings is 2. The highest BCUT2D eigenvalue weighted by Crippen LogP contribution is 2.37. The first kappa shape index (κ1) is 25.6. The molecule has 0 bridgehead atoms. The van der Waals surface area contributed by atoms with Crippen molar-refractivity contribution in [1.82, 2.24) is 9.29 Å². The van der Waals surface area contributed by atoms with Gasteiger partial charge in [-0.25, -0.2) is 13.4 Å². The van der Waals surface area contributed by atoms with Crippen molar-refractivity contribution in [2.75, 3.05) is 38.3 Å². The summed E-state index contributed by atoms with van der Waals surface area (Å²) >= 11 is 1.44. The fraction of sp³-hybridized carbons (Fsp3) is 0.440. The quantitative estimate of drug-likeness (QED) is 0.416. The molecule has 1 unspecified atom stereocenters. The number of thiazole rings is 1. The number of hydrogen-bond acceptors (Lipinski definition) is 7. The van der Waals surface area contributed by atoms with Crippen molar-refractivity contribution in [3.05, 3.63) is 47.5 Å². The highest BCUT2D eigenvalue weighted by atomic mass is 32.2. The number of rotatable bonds is 9. The Kier molecular flexibility index (Phi) is 7.75. The van der Waals surface area contributed by atoms with E-state index in [0.717, 1.165) is 28.6 Å². The molecule has 4 rings (SSSR count). The number of aryl methyl sites for hydroxylation is 1. The number of fused-ring (bicyclic) bond motifs is 1. The molecule has 0 radical (unpaired) electrons. The Balaban J connectivity index is 1.70. The number of sulfonamides is 1. The maximum Gasteiger partial charge on any atom is 0.260 e. The zero-order chi connectivity index (χ0) is 25.2. The van der Waals surface area contributed by atoms with E-state index in [1.54, 1.807) is 38.0 Å². The Morgan fingerprint density at radius 1 is 1.17 bits per heavy atom. The highest BCUT2D eigenvalue weighted by molar-refractivity contribution is 7.89. The number of hydrogen-bond donors (Lipinski definition) is 0. The number of aromatic nitrogens is 1. The molecule has 10 heteroatoms. The van der Waals surface area contributed by atoms with E-state index in [1.165, 1.54) is 27.8 Å². The van der Waals surface area contributed by atoms with Crippen LogP contribution in [0.15, 0.2) is 41.3 Å². The van der Waals surface area contributed by atoms with E-state index in [2.05, 4.69) is 0 Å². The third-order valence-corrected chi connectivity index (χ3v) is 9.52. The molecule has 1 aliphatic rings. The molecule has 0 spiro atoms. The first-order chi connectivity index (χ1) is 16.8. The van der Waals surface area contributed by atoms with Crippen LogP contribution in [0.1, 0.15) is 42.6 Å². The minimum absolute atomic E-state index is 0.0729. The topological polar surface area (TPSA) is 89.0 Å². The van der Waals surface area contributed by atoms with Crippen LogP contribution in [-0.2, 0) is 14.8 Å². The predicted molar refractivity (Wildman–Crippen MR) is 138 cm³/mol. The summed E-state index contributed by atoms with van der Waals surface area (Å²) in [4.78, 5) is 20.3. The Labute approximate surface area is 210 Å². The zero-order valence-corrected chi connectivity index (χ0v) is 22.1. The Morgan fingerprint density at radius 3 is 2.49 bits per heavy atom. The molecular formula is C25H31N3O5S2. The number of carbonyl (C=O) groups is 1.